The van der Waals surface area contributed by atoms with E-state index >= 15 is 0 Å². The van der Waals surface area contributed by atoms with Crippen molar-refractivity contribution in [2.45, 2.75) is 56.3 Å². The van der Waals surface area contributed by atoms with Crippen molar-refractivity contribution >= 4 is 11.8 Å². The molecule has 0 amide bonds. The molecule has 1 aliphatic rings. The van der Waals surface area contributed by atoms with E-state index in [0.29, 0.717) is 11.8 Å². The first-order valence-electron chi connectivity index (χ1n) is 6.75. The Labute approximate surface area is 117 Å². The van der Waals surface area contributed by atoms with Crippen LogP contribution in [0.15, 0.2) is 5.16 Å². The minimum absolute atomic E-state index is 0.435. The molecule has 0 bridgehead atoms. The van der Waals surface area contributed by atoms with E-state index in [4.69, 9.17) is 0 Å². The molecule has 0 aromatic carbocycles. The first kappa shape index (κ1) is 14.3. The third kappa shape index (κ3) is 3.45. The van der Waals surface area contributed by atoms with Gasteiger partial charge < -0.3 is 0 Å². The third-order valence-corrected chi connectivity index (χ3v) is 4.69. The molecule has 0 aliphatic heterocycles. The molecule has 1 unspecified atom stereocenters. The van der Waals surface area contributed by atoms with Gasteiger partial charge >= 0.3 is 0 Å². The van der Waals surface area contributed by atoms with Crippen LogP contribution in [0.1, 0.15) is 45.6 Å². The second kappa shape index (κ2) is 6.35. The minimum atomic E-state index is -0.536. The topological polar surface area (TPSA) is 79.4 Å². The van der Waals surface area contributed by atoms with E-state index < -0.39 is 5.54 Å². The summed E-state index contributed by atoms with van der Waals surface area (Å²) >= 11 is 1.55. The highest BCUT2D eigenvalue weighted by Crippen LogP contribution is 2.32. The molecule has 104 valence electrons. The van der Waals surface area contributed by atoms with Gasteiger partial charge in [-0.3, -0.25) is 5.32 Å². The van der Waals surface area contributed by atoms with Crippen LogP contribution in [0.4, 0.5) is 0 Å². The molecule has 6 nitrogen and oxygen atoms in total. The Balaban J connectivity index is 2.00. The van der Waals surface area contributed by atoms with Gasteiger partial charge in [0.15, 0.2) is 0 Å². The molecule has 19 heavy (non-hydrogen) atoms. The van der Waals surface area contributed by atoms with Gasteiger partial charge in [0.2, 0.25) is 5.16 Å². The van der Waals surface area contributed by atoms with E-state index in [9.17, 15) is 5.26 Å². The molecule has 1 aromatic heterocycles. The summed E-state index contributed by atoms with van der Waals surface area (Å²) in [4.78, 5) is 0. The average Bonchev–Trinajstić information content (AvgIpc) is 3.07. The van der Waals surface area contributed by atoms with Gasteiger partial charge in [-0.05, 0) is 36.7 Å². The summed E-state index contributed by atoms with van der Waals surface area (Å²) in [5.41, 5.74) is -0.536. The molecule has 0 radical (unpaired) electrons. The Morgan fingerprint density at radius 3 is 2.89 bits per heavy atom. The number of hydrogen-bond acceptors (Lipinski definition) is 6. The zero-order valence-electron chi connectivity index (χ0n) is 11.5. The van der Waals surface area contributed by atoms with E-state index in [-0.39, 0.29) is 0 Å². The maximum atomic E-state index is 9.24. The molecule has 1 aromatic rings. The van der Waals surface area contributed by atoms with E-state index in [2.05, 4.69) is 26.9 Å². The van der Waals surface area contributed by atoms with Gasteiger partial charge in [-0.25, -0.2) is 4.68 Å². The lowest BCUT2D eigenvalue weighted by Crippen LogP contribution is -2.43. The standard InChI is InChI=1S/C12H20N6S/c1-3-14-12(2,8-13)9-19-11-15-16-17-18(11)10-6-4-5-7-10/h10,14H,3-7,9H2,1-2H3. The van der Waals surface area contributed by atoms with Crippen molar-refractivity contribution in [3.8, 4) is 6.07 Å². The number of aromatic nitrogens is 4. The predicted molar refractivity (Wildman–Crippen MR) is 73.7 cm³/mol. The fraction of sp³-hybridized carbons (Fsp3) is 0.833. The number of nitrogens with one attached hydrogen (secondary N) is 1. The molecule has 0 spiro atoms. The smallest absolute Gasteiger partial charge is 0.209 e. The van der Waals surface area contributed by atoms with Crippen molar-refractivity contribution < 1.29 is 0 Å². The van der Waals surface area contributed by atoms with Crippen molar-refractivity contribution in [1.82, 2.24) is 25.5 Å². The molecule has 1 saturated carbocycles. The number of tetrazole rings is 1. The molecule has 1 N–H and O–H groups in total. The van der Waals surface area contributed by atoms with Crippen molar-refractivity contribution in [2.75, 3.05) is 12.3 Å². The summed E-state index contributed by atoms with van der Waals surface area (Å²) in [5.74, 6) is 0.643. The predicted octanol–water partition coefficient (Wildman–Crippen LogP) is 1.77. The maximum absolute atomic E-state index is 9.24. The van der Waals surface area contributed by atoms with Crippen LogP contribution in [0.2, 0.25) is 0 Å². The van der Waals surface area contributed by atoms with Crippen molar-refractivity contribution in [1.29, 1.82) is 5.26 Å². The maximum Gasteiger partial charge on any atom is 0.209 e. The molecule has 1 fully saturated rings. The number of nitrogens with zero attached hydrogens (tertiary/aromatic N) is 5. The number of nitriles is 1. The van der Waals surface area contributed by atoms with Crippen LogP contribution in [-0.2, 0) is 0 Å². The number of rotatable bonds is 6. The van der Waals surface area contributed by atoms with Gasteiger partial charge in [-0.15, -0.1) is 5.10 Å². The summed E-state index contributed by atoms with van der Waals surface area (Å²) in [6.07, 6.45) is 4.81. The van der Waals surface area contributed by atoms with Gasteiger partial charge in [0, 0.05) is 5.75 Å². The second-order valence-electron chi connectivity index (χ2n) is 5.11. The summed E-state index contributed by atoms with van der Waals surface area (Å²) < 4.78 is 1.93. The van der Waals surface area contributed by atoms with Crippen LogP contribution in [0.5, 0.6) is 0 Å². The largest absolute Gasteiger partial charge is 0.299 e. The van der Waals surface area contributed by atoms with E-state index in [1.54, 1.807) is 11.8 Å². The fourth-order valence-electron chi connectivity index (χ4n) is 2.38. The van der Waals surface area contributed by atoms with E-state index in [1.165, 1.54) is 12.8 Å². The Morgan fingerprint density at radius 1 is 1.53 bits per heavy atom. The van der Waals surface area contributed by atoms with Gasteiger partial charge in [0.05, 0.1) is 12.1 Å². The lowest BCUT2D eigenvalue weighted by molar-refractivity contribution is 0.422. The zero-order chi connectivity index (χ0) is 13.7. The quantitative estimate of drug-likeness (QED) is 0.800. The minimum Gasteiger partial charge on any atom is -0.299 e. The first-order chi connectivity index (χ1) is 9.18. The number of thioether (sulfide) groups is 1. The zero-order valence-corrected chi connectivity index (χ0v) is 12.3. The third-order valence-electron chi connectivity index (χ3n) is 3.44. The van der Waals surface area contributed by atoms with E-state index in [1.807, 2.05) is 18.5 Å². The van der Waals surface area contributed by atoms with Crippen LogP contribution in [0.3, 0.4) is 0 Å². The highest BCUT2D eigenvalue weighted by molar-refractivity contribution is 7.99. The van der Waals surface area contributed by atoms with Gasteiger partial charge in [-0.2, -0.15) is 5.26 Å². The Morgan fingerprint density at radius 2 is 2.26 bits per heavy atom. The van der Waals surface area contributed by atoms with Crippen molar-refractivity contribution in [3.05, 3.63) is 0 Å². The lowest BCUT2D eigenvalue weighted by atomic mass is 10.1. The van der Waals surface area contributed by atoms with Crippen LogP contribution in [-0.4, -0.2) is 38.0 Å². The second-order valence-corrected chi connectivity index (χ2v) is 6.05. The molecule has 1 aliphatic carbocycles. The first-order valence-corrected chi connectivity index (χ1v) is 7.74. The van der Waals surface area contributed by atoms with Gasteiger partial charge in [-0.1, -0.05) is 31.5 Å². The molecular weight excluding hydrogens is 260 g/mol. The molecule has 0 saturated heterocycles. The highest BCUT2D eigenvalue weighted by Gasteiger charge is 2.26. The SMILES string of the molecule is CCNC(C)(C#N)CSc1nnnn1C1CCCC1. The molecular formula is C12H20N6S. The van der Waals surface area contributed by atoms with Crippen LogP contribution < -0.4 is 5.32 Å². The van der Waals surface area contributed by atoms with Crippen LogP contribution in [0, 0.1) is 11.3 Å². The normalized spacial score (nSPS) is 19.2. The highest BCUT2D eigenvalue weighted by atomic mass is 32.2. The Bertz CT molecular complexity index is 447. The van der Waals surface area contributed by atoms with Gasteiger partial charge in [0.1, 0.15) is 5.54 Å². The fourth-order valence-corrected chi connectivity index (χ4v) is 3.38. The van der Waals surface area contributed by atoms with Crippen LogP contribution >= 0.6 is 11.8 Å². The van der Waals surface area contributed by atoms with Crippen molar-refractivity contribution in [2.24, 2.45) is 0 Å². The molecule has 7 heteroatoms. The molecule has 1 heterocycles. The Hall–Kier alpha value is -1.13. The lowest BCUT2D eigenvalue weighted by Gasteiger charge is -2.21. The Kier molecular flexibility index (Phi) is 4.77. The summed E-state index contributed by atoms with van der Waals surface area (Å²) in [6.45, 7) is 4.69. The summed E-state index contributed by atoms with van der Waals surface area (Å²) in [6, 6.07) is 2.76. The molecule has 2 rings (SSSR count). The monoisotopic (exact) mass is 280 g/mol. The summed E-state index contributed by atoms with van der Waals surface area (Å²) in [7, 11) is 0. The average molecular weight is 280 g/mol. The summed E-state index contributed by atoms with van der Waals surface area (Å²) in [5, 5.41) is 25.2. The van der Waals surface area contributed by atoms with Gasteiger partial charge in [0.25, 0.3) is 0 Å². The molecule has 1 atom stereocenters. The van der Waals surface area contributed by atoms with E-state index in [0.717, 1.165) is 24.5 Å². The number of hydrogen-bond donors (Lipinski definition) is 1. The van der Waals surface area contributed by atoms with Crippen LogP contribution in [0.25, 0.3) is 0 Å². The van der Waals surface area contributed by atoms with Crippen molar-refractivity contribution in [3.63, 3.8) is 0 Å².